The number of carbonyl (C=O) groups excluding carboxylic acids is 1. The van der Waals surface area contributed by atoms with Crippen LogP contribution in [-0.2, 0) is 4.79 Å². The molecule has 2 aliphatic rings. The van der Waals surface area contributed by atoms with Gasteiger partial charge in [-0.3, -0.25) is 9.69 Å². The molecule has 0 unspecified atom stereocenters. The van der Waals surface area contributed by atoms with E-state index >= 15 is 0 Å². The molecule has 0 aliphatic carbocycles. The van der Waals surface area contributed by atoms with Gasteiger partial charge in [-0.2, -0.15) is 4.98 Å². The summed E-state index contributed by atoms with van der Waals surface area (Å²) in [4.78, 5) is 30.9. The van der Waals surface area contributed by atoms with Crippen molar-refractivity contribution in [1.29, 1.82) is 0 Å². The number of nitrogens with zero attached hydrogens (tertiary/aromatic N) is 6. The van der Waals surface area contributed by atoms with Crippen molar-refractivity contribution in [2.45, 2.75) is 59.2 Å². The van der Waals surface area contributed by atoms with Gasteiger partial charge in [-0.25, -0.2) is 4.98 Å². The Kier molecular flexibility index (Phi) is 7.35. The number of benzene rings is 1. The van der Waals surface area contributed by atoms with E-state index in [4.69, 9.17) is 9.72 Å². The first-order valence-corrected chi connectivity index (χ1v) is 12.6. The van der Waals surface area contributed by atoms with Crippen molar-refractivity contribution in [2.75, 3.05) is 60.4 Å². The fourth-order valence-electron chi connectivity index (χ4n) is 5.03. The molecule has 1 amide bonds. The van der Waals surface area contributed by atoms with Crippen LogP contribution in [-0.4, -0.2) is 79.2 Å². The SMILES string of the molecule is CC[C@@H]1C(=O)N(C)c2cnc(Nc3ccc(N4CCN(C(C)C)CC4)cc3OC)nc2N1C(C)C. The molecule has 1 aromatic heterocycles. The van der Waals surface area contributed by atoms with E-state index < -0.39 is 0 Å². The third-order valence-electron chi connectivity index (χ3n) is 7.09. The lowest BCUT2D eigenvalue weighted by Gasteiger charge is -2.42. The van der Waals surface area contributed by atoms with E-state index in [1.807, 2.05) is 13.0 Å². The van der Waals surface area contributed by atoms with Gasteiger partial charge in [0.05, 0.1) is 19.0 Å². The number of methoxy groups -OCH3 is 1. The van der Waals surface area contributed by atoms with Gasteiger partial charge in [-0.05, 0) is 46.2 Å². The molecule has 0 saturated carbocycles. The molecular formula is C26H39N7O2. The zero-order valence-electron chi connectivity index (χ0n) is 22.1. The molecule has 4 rings (SSSR count). The highest BCUT2D eigenvalue weighted by molar-refractivity contribution is 6.04. The molecule has 1 N–H and O–H groups in total. The number of rotatable bonds is 7. The second-order valence-corrected chi connectivity index (χ2v) is 9.85. The third-order valence-corrected chi connectivity index (χ3v) is 7.09. The van der Waals surface area contributed by atoms with E-state index in [1.165, 1.54) is 0 Å². The summed E-state index contributed by atoms with van der Waals surface area (Å²) in [6, 6.07) is 6.69. The van der Waals surface area contributed by atoms with Crippen LogP contribution >= 0.6 is 0 Å². The van der Waals surface area contributed by atoms with Crippen LogP contribution in [0.15, 0.2) is 24.4 Å². The molecule has 9 nitrogen and oxygen atoms in total. The average molecular weight is 482 g/mol. The largest absolute Gasteiger partial charge is 0.494 e. The Hall–Kier alpha value is -3.07. The summed E-state index contributed by atoms with van der Waals surface area (Å²) >= 11 is 0. The molecule has 1 atom stereocenters. The van der Waals surface area contributed by atoms with Gasteiger partial charge in [0.2, 0.25) is 11.9 Å². The minimum absolute atomic E-state index is 0.0736. The predicted octanol–water partition coefficient (Wildman–Crippen LogP) is 3.73. The van der Waals surface area contributed by atoms with Gasteiger partial charge >= 0.3 is 0 Å². The van der Waals surface area contributed by atoms with Crippen molar-refractivity contribution in [3.05, 3.63) is 24.4 Å². The van der Waals surface area contributed by atoms with Crippen LogP contribution in [0.3, 0.4) is 0 Å². The summed E-state index contributed by atoms with van der Waals surface area (Å²) in [5.74, 6) is 2.06. The molecule has 0 bridgehead atoms. The number of amides is 1. The molecule has 2 aliphatic heterocycles. The molecule has 9 heteroatoms. The van der Waals surface area contributed by atoms with E-state index in [0.717, 1.165) is 54.8 Å². The van der Waals surface area contributed by atoms with Crippen molar-refractivity contribution in [2.24, 2.45) is 0 Å². The molecule has 35 heavy (non-hydrogen) atoms. The number of piperazine rings is 1. The van der Waals surface area contributed by atoms with Gasteiger partial charge in [-0.15, -0.1) is 0 Å². The third kappa shape index (κ3) is 4.87. The van der Waals surface area contributed by atoms with Crippen LogP contribution in [0.5, 0.6) is 5.75 Å². The quantitative estimate of drug-likeness (QED) is 0.641. The number of aromatic nitrogens is 2. The van der Waals surface area contributed by atoms with Crippen molar-refractivity contribution < 1.29 is 9.53 Å². The molecule has 2 aromatic rings. The average Bonchev–Trinajstić information content (AvgIpc) is 2.86. The molecule has 3 heterocycles. The van der Waals surface area contributed by atoms with Crippen molar-refractivity contribution in [1.82, 2.24) is 14.9 Å². The number of ether oxygens (including phenoxy) is 1. The molecule has 1 fully saturated rings. The fraction of sp³-hybridized carbons (Fsp3) is 0.577. The van der Waals surface area contributed by atoms with Crippen molar-refractivity contribution >= 4 is 34.7 Å². The first-order valence-electron chi connectivity index (χ1n) is 12.6. The Balaban J connectivity index is 1.58. The fourth-order valence-corrected chi connectivity index (χ4v) is 5.03. The number of carbonyl (C=O) groups is 1. The topological polar surface area (TPSA) is 77.1 Å². The van der Waals surface area contributed by atoms with Gasteiger partial charge < -0.3 is 24.8 Å². The molecule has 190 valence electrons. The number of hydrogen-bond acceptors (Lipinski definition) is 8. The minimum atomic E-state index is -0.236. The van der Waals surface area contributed by atoms with E-state index in [2.05, 4.69) is 64.8 Å². The summed E-state index contributed by atoms with van der Waals surface area (Å²) in [5, 5.41) is 3.34. The van der Waals surface area contributed by atoms with Crippen molar-refractivity contribution in [3.8, 4) is 5.75 Å². The van der Waals surface area contributed by atoms with Crippen molar-refractivity contribution in [3.63, 3.8) is 0 Å². The maximum Gasteiger partial charge on any atom is 0.249 e. The van der Waals surface area contributed by atoms with Gasteiger partial charge in [-0.1, -0.05) is 6.92 Å². The lowest BCUT2D eigenvalue weighted by atomic mass is 10.1. The smallest absolute Gasteiger partial charge is 0.249 e. The van der Waals surface area contributed by atoms with Crippen LogP contribution in [0.1, 0.15) is 41.0 Å². The second-order valence-electron chi connectivity index (χ2n) is 9.85. The number of fused-ring (bicyclic) bond motifs is 1. The normalized spacial score (nSPS) is 18.9. The Morgan fingerprint density at radius 1 is 1.11 bits per heavy atom. The highest BCUT2D eigenvalue weighted by Gasteiger charge is 2.38. The summed E-state index contributed by atoms with van der Waals surface area (Å²) < 4.78 is 5.73. The van der Waals surface area contributed by atoms with E-state index in [-0.39, 0.29) is 18.0 Å². The number of nitrogens with one attached hydrogen (secondary N) is 1. The van der Waals surface area contributed by atoms with Crippen LogP contribution in [0.4, 0.5) is 28.8 Å². The summed E-state index contributed by atoms with van der Waals surface area (Å²) in [5.41, 5.74) is 2.68. The predicted molar refractivity (Wildman–Crippen MR) is 142 cm³/mol. The minimum Gasteiger partial charge on any atom is -0.494 e. The van der Waals surface area contributed by atoms with E-state index in [1.54, 1.807) is 25.3 Å². The van der Waals surface area contributed by atoms with E-state index in [9.17, 15) is 4.79 Å². The Bertz CT molecular complexity index is 1050. The molecule has 0 spiro atoms. The Morgan fingerprint density at radius 2 is 1.83 bits per heavy atom. The van der Waals surface area contributed by atoms with Gasteiger partial charge in [0.25, 0.3) is 0 Å². The lowest BCUT2D eigenvalue weighted by molar-refractivity contribution is -0.120. The van der Waals surface area contributed by atoms with Crippen LogP contribution < -0.4 is 24.8 Å². The van der Waals surface area contributed by atoms with E-state index in [0.29, 0.717) is 18.4 Å². The molecule has 0 radical (unpaired) electrons. The van der Waals surface area contributed by atoms with Gasteiger partial charge in [0.15, 0.2) is 5.82 Å². The first kappa shape index (κ1) is 25.0. The Labute approximate surface area is 209 Å². The van der Waals surface area contributed by atoms with Crippen LogP contribution in [0, 0.1) is 0 Å². The monoisotopic (exact) mass is 481 g/mol. The Morgan fingerprint density at radius 3 is 2.43 bits per heavy atom. The number of likely N-dealkylation sites (N-methyl/N-ethyl adjacent to an activating group) is 1. The van der Waals surface area contributed by atoms with Crippen LogP contribution in [0.2, 0.25) is 0 Å². The lowest BCUT2D eigenvalue weighted by Crippen LogP contribution is -2.54. The zero-order valence-corrected chi connectivity index (χ0v) is 22.1. The number of anilines is 5. The standard InChI is InChI=1S/C26H39N7O2/c1-8-21-25(34)30(6)22-16-27-26(29-24(22)33(21)18(4)5)28-20-10-9-19(15-23(20)35-7)32-13-11-31(12-14-32)17(2)3/h9-10,15-18,21H,8,11-14H2,1-7H3,(H,27,28,29)/t21-/m1/s1. The molecule has 1 saturated heterocycles. The molecular weight excluding hydrogens is 442 g/mol. The maximum atomic E-state index is 12.9. The highest BCUT2D eigenvalue weighted by Crippen LogP contribution is 2.37. The summed E-state index contributed by atoms with van der Waals surface area (Å²) in [7, 11) is 3.47. The van der Waals surface area contributed by atoms with Crippen LogP contribution in [0.25, 0.3) is 0 Å². The maximum absolute atomic E-state index is 12.9. The summed E-state index contributed by atoms with van der Waals surface area (Å²) in [6.45, 7) is 14.8. The second kappa shape index (κ2) is 10.3. The zero-order chi connectivity index (χ0) is 25.3. The highest BCUT2D eigenvalue weighted by atomic mass is 16.5. The number of hydrogen-bond donors (Lipinski definition) is 1. The molecule has 1 aromatic carbocycles. The summed E-state index contributed by atoms with van der Waals surface area (Å²) in [6.07, 6.45) is 2.44. The first-order chi connectivity index (χ1) is 16.7. The van der Waals surface area contributed by atoms with Gasteiger partial charge in [0, 0.05) is 57.1 Å². The van der Waals surface area contributed by atoms with Gasteiger partial charge in [0.1, 0.15) is 17.5 Å².